The van der Waals surface area contributed by atoms with Gasteiger partial charge in [0.1, 0.15) is 5.70 Å². The Kier molecular flexibility index (Phi) is 8.60. The van der Waals surface area contributed by atoms with E-state index < -0.39 is 18.1 Å². The van der Waals surface area contributed by atoms with Gasteiger partial charge in [0.05, 0.1) is 18.8 Å². The van der Waals surface area contributed by atoms with Crippen LogP contribution in [0.25, 0.3) is 16.5 Å². The molecule has 2 N–H and O–H groups in total. The van der Waals surface area contributed by atoms with Crippen molar-refractivity contribution in [2.24, 2.45) is 5.11 Å². The molecule has 0 aromatic heterocycles. The summed E-state index contributed by atoms with van der Waals surface area (Å²) in [4.78, 5) is 28.4. The zero-order valence-corrected chi connectivity index (χ0v) is 18.6. The molecule has 2 aromatic rings. The molecule has 3 rings (SSSR count). The number of hydrogen-bond donors (Lipinski definition) is 2. The van der Waals surface area contributed by atoms with Gasteiger partial charge in [0.25, 0.3) is 11.8 Å². The Morgan fingerprint density at radius 2 is 1.88 bits per heavy atom. The summed E-state index contributed by atoms with van der Waals surface area (Å²) in [6.07, 6.45) is 2.78. The lowest BCUT2D eigenvalue weighted by atomic mass is 10.1. The summed E-state index contributed by atoms with van der Waals surface area (Å²) in [5.41, 5.74) is 10.1. The lowest BCUT2D eigenvalue weighted by molar-refractivity contribution is -0.235. The lowest BCUT2D eigenvalue weighted by Crippen LogP contribution is -2.45. The van der Waals surface area contributed by atoms with Gasteiger partial charge in [0.15, 0.2) is 6.29 Å². The van der Waals surface area contributed by atoms with E-state index in [1.807, 2.05) is 13.8 Å². The van der Waals surface area contributed by atoms with E-state index in [2.05, 4.69) is 20.7 Å². The molecule has 3 unspecified atom stereocenters. The van der Waals surface area contributed by atoms with Gasteiger partial charge in [0.2, 0.25) is 0 Å². The van der Waals surface area contributed by atoms with E-state index in [0.717, 1.165) is 12.8 Å². The van der Waals surface area contributed by atoms with Gasteiger partial charge in [-0.3, -0.25) is 9.59 Å². The molecular formula is C24H27N5O4. The smallest absolute Gasteiger partial charge is 0.267 e. The Hall–Kier alpha value is -3.65. The number of rotatable bonds is 8. The van der Waals surface area contributed by atoms with Crippen LogP contribution in [0.15, 0.2) is 65.4 Å². The van der Waals surface area contributed by atoms with Gasteiger partial charge >= 0.3 is 0 Å². The second-order valence-electron chi connectivity index (χ2n) is 7.65. The van der Waals surface area contributed by atoms with Crippen LogP contribution in [0.4, 0.5) is 5.69 Å². The van der Waals surface area contributed by atoms with E-state index in [0.29, 0.717) is 16.8 Å². The number of azide groups is 1. The van der Waals surface area contributed by atoms with Gasteiger partial charge in [0, 0.05) is 16.2 Å². The highest BCUT2D eigenvalue weighted by atomic mass is 16.7. The predicted octanol–water partition coefficient (Wildman–Crippen LogP) is 4.45. The molecule has 1 heterocycles. The first-order valence-corrected chi connectivity index (χ1v) is 10.8. The maximum absolute atomic E-state index is 13.0. The third-order valence-electron chi connectivity index (χ3n) is 5.10. The lowest BCUT2D eigenvalue weighted by Gasteiger charge is -2.34. The van der Waals surface area contributed by atoms with Gasteiger partial charge in [-0.2, -0.15) is 0 Å². The summed E-state index contributed by atoms with van der Waals surface area (Å²) in [7, 11) is 0. The average molecular weight is 450 g/mol. The molecule has 0 spiro atoms. The summed E-state index contributed by atoms with van der Waals surface area (Å²) in [5.74, 6) is -0.885. The van der Waals surface area contributed by atoms with Crippen molar-refractivity contribution in [2.75, 3.05) is 6.54 Å². The van der Waals surface area contributed by atoms with Crippen LogP contribution in [-0.2, 0) is 14.3 Å². The Morgan fingerprint density at radius 1 is 1.15 bits per heavy atom. The Bertz CT molecular complexity index is 1030. The minimum Gasteiger partial charge on any atom is -0.348 e. The number of benzene rings is 2. The van der Waals surface area contributed by atoms with Crippen LogP contribution >= 0.6 is 0 Å². The molecule has 3 atom stereocenters. The molecule has 1 saturated heterocycles. The van der Waals surface area contributed by atoms with Crippen molar-refractivity contribution in [3.63, 3.8) is 0 Å². The number of carbonyl (C=O) groups is 2. The summed E-state index contributed by atoms with van der Waals surface area (Å²) in [6, 6.07) is 15.2. The highest BCUT2D eigenvalue weighted by Crippen LogP contribution is 2.20. The predicted molar refractivity (Wildman–Crippen MR) is 124 cm³/mol. The maximum atomic E-state index is 13.0. The molecule has 1 aliphatic heterocycles. The van der Waals surface area contributed by atoms with Crippen molar-refractivity contribution in [3.05, 3.63) is 81.9 Å². The molecule has 1 fully saturated rings. The van der Waals surface area contributed by atoms with Crippen LogP contribution in [-0.4, -0.2) is 36.9 Å². The van der Waals surface area contributed by atoms with E-state index >= 15 is 0 Å². The molecule has 33 heavy (non-hydrogen) atoms. The zero-order chi connectivity index (χ0) is 23.6. The molecule has 0 bridgehead atoms. The highest BCUT2D eigenvalue weighted by Gasteiger charge is 2.27. The molecule has 0 radical (unpaired) electrons. The van der Waals surface area contributed by atoms with Crippen LogP contribution in [0.5, 0.6) is 0 Å². The monoisotopic (exact) mass is 449 g/mol. The number of nitrogens with zero attached hydrogens (tertiary/aromatic N) is 3. The number of nitrogens with one attached hydrogen (secondary N) is 2. The first-order valence-electron chi connectivity index (χ1n) is 10.8. The van der Waals surface area contributed by atoms with E-state index in [4.69, 9.17) is 15.0 Å². The zero-order valence-electron chi connectivity index (χ0n) is 18.6. The fourth-order valence-electron chi connectivity index (χ4n) is 3.42. The fraction of sp³-hybridized carbons (Fsp3) is 0.333. The van der Waals surface area contributed by atoms with Crippen LogP contribution in [0.3, 0.4) is 0 Å². The second-order valence-corrected chi connectivity index (χ2v) is 7.65. The van der Waals surface area contributed by atoms with Crippen molar-refractivity contribution in [3.8, 4) is 0 Å². The normalized spacial score (nSPS) is 20.4. The van der Waals surface area contributed by atoms with E-state index in [1.165, 1.54) is 0 Å². The minimum atomic E-state index is -0.558. The number of hydrogen-bond acceptors (Lipinski definition) is 5. The molecule has 2 amide bonds. The van der Waals surface area contributed by atoms with Crippen LogP contribution in [0, 0.1) is 0 Å². The van der Waals surface area contributed by atoms with Gasteiger partial charge in [-0.05, 0) is 49.1 Å². The van der Waals surface area contributed by atoms with Crippen LogP contribution < -0.4 is 10.6 Å². The summed E-state index contributed by atoms with van der Waals surface area (Å²) in [6.45, 7) is 4.17. The standard InChI is InChI=1S/C24H27N5O4/c1-3-20-13-16(2)32-22(33-20)15-26-24(31)21(27-23(30)18-7-5-4-6-8-18)14-17-9-11-19(12-10-17)28-29-25/h4-12,14,16,20,22H,3,13,15H2,1-2H3,(H,26,31)(H,27,30)/b21-14+. The van der Waals surface area contributed by atoms with Crippen molar-refractivity contribution in [1.29, 1.82) is 0 Å². The first-order chi connectivity index (χ1) is 16.0. The minimum absolute atomic E-state index is 0.0352. The molecule has 0 saturated carbocycles. The summed E-state index contributed by atoms with van der Waals surface area (Å²) < 4.78 is 11.6. The van der Waals surface area contributed by atoms with E-state index in [9.17, 15) is 9.59 Å². The largest absolute Gasteiger partial charge is 0.348 e. The van der Waals surface area contributed by atoms with Crippen molar-refractivity contribution >= 4 is 23.6 Å². The van der Waals surface area contributed by atoms with Crippen molar-refractivity contribution < 1.29 is 19.1 Å². The van der Waals surface area contributed by atoms with Crippen LogP contribution in [0.2, 0.25) is 0 Å². The van der Waals surface area contributed by atoms with E-state index in [-0.39, 0.29) is 24.4 Å². The molecule has 1 aliphatic rings. The fourth-order valence-corrected chi connectivity index (χ4v) is 3.42. The van der Waals surface area contributed by atoms with Gasteiger partial charge < -0.3 is 20.1 Å². The topological polar surface area (TPSA) is 125 Å². The van der Waals surface area contributed by atoms with Gasteiger partial charge in [-0.15, -0.1) is 0 Å². The van der Waals surface area contributed by atoms with Gasteiger partial charge in [-0.25, -0.2) is 0 Å². The number of carbonyl (C=O) groups excluding carboxylic acids is 2. The molecule has 9 nitrogen and oxygen atoms in total. The summed E-state index contributed by atoms with van der Waals surface area (Å²) in [5, 5.41) is 9.01. The third kappa shape index (κ3) is 7.18. The van der Waals surface area contributed by atoms with E-state index in [1.54, 1.807) is 60.7 Å². The molecule has 0 aliphatic carbocycles. The summed E-state index contributed by atoms with van der Waals surface area (Å²) >= 11 is 0. The van der Waals surface area contributed by atoms with Crippen molar-refractivity contribution in [1.82, 2.24) is 10.6 Å². The first kappa shape index (κ1) is 24.0. The maximum Gasteiger partial charge on any atom is 0.267 e. The SMILES string of the molecule is CCC1CC(C)OC(CNC(=O)/C(=C\c2ccc(N=[N+]=[N-])cc2)NC(=O)c2ccccc2)O1. The number of amides is 2. The molecular weight excluding hydrogens is 422 g/mol. The number of ether oxygens (including phenoxy) is 2. The Labute approximate surface area is 192 Å². The second kappa shape index (κ2) is 11.8. The molecule has 2 aromatic carbocycles. The molecule has 9 heteroatoms. The quantitative estimate of drug-likeness (QED) is 0.267. The highest BCUT2D eigenvalue weighted by molar-refractivity contribution is 6.05. The average Bonchev–Trinajstić information content (AvgIpc) is 2.83. The molecule has 172 valence electrons. The van der Waals surface area contributed by atoms with Gasteiger partial charge in [-0.1, -0.05) is 54.5 Å². The Morgan fingerprint density at radius 3 is 2.55 bits per heavy atom. The Balaban J connectivity index is 1.75. The van der Waals surface area contributed by atoms with Crippen LogP contribution in [0.1, 0.15) is 42.6 Å². The van der Waals surface area contributed by atoms with Crippen molar-refractivity contribution in [2.45, 2.75) is 45.2 Å². The third-order valence-corrected chi connectivity index (χ3v) is 5.10.